The molecule has 0 N–H and O–H groups in total. The Balaban J connectivity index is 2.19. The van der Waals surface area contributed by atoms with E-state index in [0.29, 0.717) is 0 Å². The molecule has 1 fully saturated rings. The number of rotatable bonds is 3. The van der Waals surface area contributed by atoms with E-state index in [-0.39, 0.29) is 0 Å². The molecule has 0 aliphatic heterocycles. The topological polar surface area (TPSA) is 3.24 Å². The van der Waals surface area contributed by atoms with Crippen molar-refractivity contribution in [3.63, 3.8) is 0 Å². The van der Waals surface area contributed by atoms with Crippen molar-refractivity contribution in [3.8, 4) is 0 Å². The Kier molecular flexibility index (Phi) is 2.79. The second-order valence-corrected chi connectivity index (χ2v) is 3.04. The number of allylic oxidation sites excluding steroid dienone is 1. The fourth-order valence-electron chi connectivity index (χ4n) is 1.19. The van der Waals surface area contributed by atoms with Crippen LogP contribution in [-0.4, -0.2) is 18.0 Å². The maximum absolute atomic E-state index is 2.34. The molecule has 1 saturated carbocycles. The van der Waals surface area contributed by atoms with Crippen LogP contribution in [0.4, 0.5) is 0 Å². The van der Waals surface area contributed by atoms with Crippen molar-refractivity contribution in [2.24, 2.45) is 0 Å². The van der Waals surface area contributed by atoms with Crippen LogP contribution in [0.25, 0.3) is 0 Å². The molecule has 1 heteroatoms. The number of hydrogen-bond acceptors (Lipinski definition) is 1. The predicted molar refractivity (Wildman–Crippen MR) is 44.8 cm³/mol. The molecule has 0 bridgehead atoms. The molecule has 1 aliphatic rings. The minimum Gasteiger partial charge on any atom is -0.378 e. The lowest BCUT2D eigenvalue weighted by Gasteiger charge is -2.33. The molecular formula is C9H17N. The van der Waals surface area contributed by atoms with Crippen LogP contribution in [0.1, 0.15) is 32.6 Å². The van der Waals surface area contributed by atoms with E-state index in [4.69, 9.17) is 0 Å². The normalized spacial score (nSPS) is 19.4. The highest BCUT2D eigenvalue weighted by molar-refractivity contribution is 4.87. The molecule has 0 atom stereocenters. The monoisotopic (exact) mass is 139 g/mol. The lowest BCUT2D eigenvalue weighted by atomic mass is 9.92. The molecule has 0 saturated heterocycles. The molecule has 0 aromatic heterocycles. The Morgan fingerprint density at radius 3 is 2.60 bits per heavy atom. The van der Waals surface area contributed by atoms with E-state index in [2.05, 4.69) is 31.1 Å². The van der Waals surface area contributed by atoms with E-state index in [0.717, 1.165) is 12.5 Å². The average Bonchev–Trinajstić information content (AvgIpc) is 1.79. The molecular weight excluding hydrogens is 122 g/mol. The van der Waals surface area contributed by atoms with Gasteiger partial charge in [0.15, 0.2) is 0 Å². The number of hydrogen-bond donors (Lipinski definition) is 0. The van der Waals surface area contributed by atoms with Gasteiger partial charge in [0.05, 0.1) is 0 Å². The zero-order valence-electron chi connectivity index (χ0n) is 7.01. The van der Waals surface area contributed by atoms with E-state index in [1.807, 2.05) is 0 Å². The summed E-state index contributed by atoms with van der Waals surface area (Å²) >= 11 is 0. The summed E-state index contributed by atoms with van der Waals surface area (Å²) < 4.78 is 0. The Morgan fingerprint density at radius 2 is 2.20 bits per heavy atom. The third kappa shape index (κ3) is 1.76. The van der Waals surface area contributed by atoms with Crippen molar-refractivity contribution in [1.82, 2.24) is 4.90 Å². The van der Waals surface area contributed by atoms with Crippen LogP contribution in [0.5, 0.6) is 0 Å². The smallest absolute Gasteiger partial charge is 0.0281 e. The van der Waals surface area contributed by atoms with Gasteiger partial charge in [0, 0.05) is 13.1 Å². The SMILES string of the molecule is CCC=CN(C)C1CCC1. The van der Waals surface area contributed by atoms with Crippen LogP contribution in [0.3, 0.4) is 0 Å². The van der Waals surface area contributed by atoms with E-state index in [1.54, 1.807) is 0 Å². The summed E-state index contributed by atoms with van der Waals surface area (Å²) in [6.45, 7) is 2.17. The van der Waals surface area contributed by atoms with Gasteiger partial charge in [0.25, 0.3) is 0 Å². The van der Waals surface area contributed by atoms with Crippen molar-refractivity contribution in [3.05, 3.63) is 12.3 Å². The zero-order valence-corrected chi connectivity index (χ0v) is 7.01. The van der Waals surface area contributed by atoms with Crippen molar-refractivity contribution >= 4 is 0 Å². The van der Waals surface area contributed by atoms with Crippen molar-refractivity contribution in [2.75, 3.05) is 7.05 Å². The third-order valence-electron chi connectivity index (χ3n) is 2.23. The minimum atomic E-state index is 0.850. The summed E-state index contributed by atoms with van der Waals surface area (Å²) in [5.74, 6) is 0. The van der Waals surface area contributed by atoms with Gasteiger partial charge in [-0.25, -0.2) is 0 Å². The van der Waals surface area contributed by atoms with Gasteiger partial charge in [-0.05, 0) is 31.9 Å². The maximum atomic E-state index is 2.34. The molecule has 1 aliphatic carbocycles. The first-order valence-electron chi connectivity index (χ1n) is 4.23. The van der Waals surface area contributed by atoms with Gasteiger partial charge >= 0.3 is 0 Å². The highest BCUT2D eigenvalue weighted by Crippen LogP contribution is 2.23. The second-order valence-electron chi connectivity index (χ2n) is 3.04. The molecule has 0 aromatic carbocycles. The quantitative estimate of drug-likeness (QED) is 0.580. The highest BCUT2D eigenvalue weighted by atomic mass is 15.1. The van der Waals surface area contributed by atoms with Crippen molar-refractivity contribution in [1.29, 1.82) is 0 Å². The maximum Gasteiger partial charge on any atom is 0.0281 e. The molecule has 10 heavy (non-hydrogen) atoms. The lowest BCUT2D eigenvalue weighted by Crippen LogP contribution is -2.33. The van der Waals surface area contributed by atoms with Crippen molar-refractivity contribution in [2.45, 2.75) is 38.6 Å². The predicted octanol–water partition coefficient (Wildman–Crippen LogP) is 2.39. The van der Waals surface area contributed by atoms with Gasteiger partial charge in [-0.15, -0.1) is 0 Å². The molecule has 0 radical (unpaired) electrons. The van der Waals surface area contributed by atoms with Crippen LogP contribution in [0.2, 0.25) is 0 Å². The summed E-state index contributed by atoms with van der Waals surface area (Å²) in [7, 11) is 2.18. The summed E-state index contributed by atoms with van der Waals surface area (Å²) in [5, 5.41) is 0. The van der Waals surface area contributed by atoms with Gasteiger partial charge in [-0.3, -0.25) is 0 Å². The first kappa shape index (κ1) is 7.64. The van der Waals surface area contributed by atoms with Gasteiger partial charge in [0.1, 0.15) is 0 Å². The van der Waals surface area contributed by atoms with Crippen LogP contribution >= 0.6 is 0 Å². The molecule has 0 aromatic rings. The van der Waals surface area contributed by atoms with Crippen LogP contribution in [-0.2, 0) is 0 Å². The Bertz CT molecular complexity index is 114. The molecule has 0 spiro atoms. The van der Waals surface area contributed by atoms with E-state index in [9.17, 15) is 0 Å². The summed E-state index contributed by atoms with van der Waals surface area (Å²) in [5.41, 5.74) is 0. The molecule has 1 nitrogen and oxygen atoms in total. The standard InChI is InChI=1S/C9H17N/c1-3-4-8-10(2)9-6-5-7-9/h4,8-9H,3,5-7H2,1-2H3. The van der Waals surface area contributed by atoms with Crippen molar-refractivity contribution < 1.29 is 0 Å². The first-order valence-corrected chi connectivity index (χ1v) is 4.23. The van der Waals surface area contributed by atoms with Gasteiger partial charge in [-0.2, -0.15) is 0 Å². The molecule has 1 rings (SSSR count). The Labute approximate surface area is 63.7 Å². The van der Waals surface area contributed by atoms with E-state index < -0.39 is 0 Å². The largest absolute Gasteiger partial charge is 0.378 e. The fraction of sp³-hybridized carbons (Fsp3) is 0.778. The lowest BCUT2D eigenvalue weighted by molar-refractivity contribution is 0.217. The molecule has 0 heterocycles. The summed E-state index contributed by atoms with van der Waals surface area (Å²) in [6.07, 6.45) is 9.79. The molecule has 0 unspecified atom stereocenters. The van der Waals surface area contributed by atoms with Crippen LogP contribution in [0.15, 0.2) is 12.3 Å². The second kappa shape index (κ2) is 3.65. The van der Waals surface area contributed by atoms with Gasteiger partial charge in [0.2, 0.25) is 0 Å². The first-order chi connectivity index (χ1) is 4.84. The number of nitrogens with zero attached hydrogens (tertiary/aromatic N) is 1. The molecule has 58 valence electrons. The third-order valence-corrected chi connectivity index (χ3v) is 2.23. The van der Waals surface area contributed by atoms with E-state index in [1.165, 1.54) is 19.3 Å². The van der Waals surface area contributed by atoms with Crippen LogP contribution < -0.4 is 0 Å². The minimum absolute atomic E-state index is 0.850. The Hall–Kier alpha value is -0.460. The summed E-state index contributed by atoms with van der Waals surface area (Å²) in [4.78, 5) is 2.34. The van der Waals surface area contributed by atoms with E-state index >= 15 is 0 Å². The average molecular weight is 139 g/mol. The van der Waals surface area contributed by atoms with Gasteiger partial charge in [-0.1, -0.05) is 13.0 Å². The summed E-state index contributed by atoms with van der Waals surface area (Å²) in [6, 6.07) is 0.850. The Morgan fingerprint density at radius 1 is 1.50 bits per heavy atom. The fourth-order valence-corrected chi connectivity index (χ4v) is 1.19. The van der Waals surface area contributed by atoms with Crippen LogP contribution in [0, 0.1) is 0 Å². The molecule has 0 amide bonds. The zero-order chi connectivity index (χ0) is 7.40. The van der Waals surface area contributed by atoms with Gasteiger partial charge < -0.3 is 4.90 Å². The highest BCUT2D eigenvalue weighted by Gasteiger charge is 2.19.